The van der Waals surface area contributed by atoms with Crippen molar-refractivity contribution in [3.63, 3.8) is 0 Å². The minimum absolute atomic E-state index is 0. The Hall–Kier alpha value is -1.55. The molecule has 3 rings (SSSR count). The molecule has 1 fully saturated rings. The van der Waals surface area contributed by atoms with Crippen molar-refractivity contribution >= 4 is 24.8 Å². The van der Waals surface area contributed by atoms with Gasteiger partial charge in [0.1, 0.15) is 12.4 Å². The number of halogens is 5. The van der Waals surface area contributed by atoms with Gasteiger partial charge in [-0.15, -0.1) is 24.8 Å². The van der Waals surface area contributed by atoms with E-state index < -0.39 is 17.8 Å². The molecular weight excluding hydrogens is 504 g/mol. The van der Waals surface area contributed by atoms with E-state index in [-0.39, 0.29) is 48.4 Å². The molecule has 200 valence electrons. The molecule has 2 aromatic rings. The Morgan fingerprint density at radius 1 is 1.03 bits per heavy atom. The second kappa shape index (κ2) is 16.2. The highest BCUT2D eigenvalue weighted by Gasteiger charge is 2.30. The maximum Gasteiger partial charge on any atom is 0.416 e. The summed E-state index contributed by atoms with van der Waals surface area (Å²) < 4.78 is 44.4. The fourth-order valence-corrected chi connectivity index (χ4v) is 3.98. The van der Waals surface area contributed by atoms with Crippen LogP contribution in [0.4, 0.5) is 13.2 Å². The van der Waals surface area contributed by atoms with Crippen molar-refractivity contribution in [3.05, 3.63) is 65.2 Å². The van der Waals surface area contributed by atoms with Gasteiger partial charge in [-0.2, -0.15) is 13.2 Å². The first-order valence-electron chi connectivity index (χ1n) is 11.3. The number of piperidine rings is 1. The predicted molar refractivity (Wildman–Crippen MR) is 138 cm³/mol. The number of aliphatic hydroxyl groups is 1. The van der Waals surface area contributed by atoms with Gasteiger partial charge in [0.05, 0.1) is 11.7 Å². The van der Waals surface area contributed by atoms with E-state index in [0.717, 1.165) is 49.5 Å². The molecule has 1 saturated heterocycles. The molecule has 1 aliphatic heterocycles. The number of benzene rings is 2. The Balaban J connectivity index is 0.00000385. The summed E-state index contributed by atoms with van der Waals surface area (Å²) >= 11 is 0. The lowest BCUT2D eigenvalue weighted by molar-refractivity contribution is -0.137. The maximum absolute atomic E-state index is 12.9. The zero-order valence-corrected chi connectivity index (χ0v) is 21.5. The fraction of sp³-hybridized carbons (Fsp3) is 0.520. The van der Waals surface area contributed by atoms with E-state index in [1.807, 2.05) is 31.2 Å². The average molecular weight is 541 g/mol. The predicted octanol–water partition coefficient (Wildman–Crippen LogP) is 4.84. The van der Waals surface area contributed by atoms with E-state index in [4.69, 9.17) is 4.74 Å². The molecule has 10 heteroatoms. The quantitative estimate of drug-likeness (QED) is 0.452. The van der Waals surface area contributed by atoms with E-state index in [1.54, 1.807) is 0 Å². The number of alkyl halides is 3. The molecule has 2 aromatic carbocycles. The number of rotatable bonds is 10. The second-order valence-electron chi connectivity index (χ2n) is 8.55. The lowest BCUT2D eigenvalue weighted by Gasteiger charge is -2.26. The highest BCUT2D eigenvalue weighted by molar-refractivity contribution is 5.85. The molecule has 0 spiro atoms. The van der Waals surface area contributed by atoms with Crippen LogP contribution in [0.2, 0.25) is 0 Å². The van der Waals surface area contributed by atoms with Crippen LogP contribution in [0.3, 0.4) is 0 Å². The Morgan fingerprint density at radius 2 is 1.69 bits per heavy atom. The molecule has 0 bridgehead atoms. The molecule has 2 atom stereocenters. The molecule has 0 radical (unpaired) electrons. The fourth-order valence-electron chi connectivity index (χ4n) is 3.98. The summed E-state index contributed by atoms with van der Waals surface area (Å²) in [5, 5.41) is 13.5. The van der Waals surface area contributed by atoms with Crippen molar-refractivity contribution in [2.75, 3.05) is 32.8 Å². The third-order valence-corrected chi connectivity index (χ3v) is 5.85. The number of likely N-dealkylation sites (tertiary alicyclic amines) is 1. The topological polar surface area (TPSA) is 76.2 Å². The Labute approximate surface area is 218 Å². The van der Waals surface area contributed by atoms with Crippen molar-refractivity contribution in [2.24, 2.45) is 0 Å². The maximum atomic E-state index is 12.9. The number of aliphatic hydroxyl groups excluding tert-OH is 1. The third-order valence-electron chi connectivity index (χ3n) is 5.85. The van der Waals surface area contributed by atoms with Gasteiger partial charge in [0.15, 0.2) is 0 Å². The van der Waals surface area contributed by atoms with Crippen LogP contribution < -0.4 is 10.1 Å². The van der Waals surface area contributed by atoms with Crippen LogP contribution in [-0.2, 0) is 12.6 Å². The van der Waals surface area contributed by atoms with Crippen LogP contribution in [0.1, 0.15) is 49.0 Å². The highest BCUT2D eigenvalue weighted by atomic mass is 35.5. The van der Waals surface area contributed by atoms with Gasteiger partial charge in [0, 0.05) is 19.1 Å². The minimum Gasteiger partial charge on any atom is -0.492 e. The van der Waals surface area contributed by atoms with Crippen molar-refractivity contribution in [3.8, 4) is 5.75 Å². The van der Waals surface area contributed by atoms with Crippen LogP contribution in [0.25, 0.3) is 0 Å². The van der Waals surface area contributed by atoms with Gasteiger partial charge in [-0.1, -0.05) is 30.7 Å². The van der Waals surface area contributed by atoms with Crippen molar-refractivity contribution < 1.29 is 28.5 Å². The van der Waals surface area contributed by atoms with Gasteiger partial charge in [-0.25, -0.2) is 0 Å². The van der Waals surface area contributed by atoms with Gasteiger partial charge in [-0.05, 0) is 74.7 Å². The van der Waals surface area contributed by atoms with Crippen molar-refractivity contribution in [1.82, 2.24) is 10.2 Å². The molecule has 5 nitrogen and oxygen atoms in total. The van der Waals surface area contributed by atoms with E-state index >= 15 is 0 Å². The smallest absolute Gasteiger partial charge is 0.416 e. The first-order chi connectivity index (χ1) is 15.3. The van der Waals surface area contributed by atoms with Crippen LogP contribution in [0, 0.1) is 0 Å². The SMILES string of the molecule is CC(Cc1ccc(OCCN2CCCCC2)cc1)NCC(O)c1cccc(C(F)(F)F)c1.Cl.Cl.O. The molecular formula is C25H37Cl2F3N2O3. The normalized spacial score (nSPS) is 15.7. The molecule has 35 heavy (non-hydrogen) atoms. The Bertz CT molecular complexity index is 835. The van der Waals surface area contributed by atoms with E-state index in [0.29, 0.717) is 6.61 Å². The Kier molecular flexibility index (Phi) is 15.5. The van der Waals surface area contributed by atoms with Gasteiger partial charge >= 0.3 is 6.18 Å². The summed E-state index contributed by atoms with van der Waals surface area (Å²) in [6.45, 7) is 6.13. The zero-order valence-electron chi connectivity index (χ0n) is 19.9. The molecule has 0 aromatic heterocycles. The largest absolute Gasteiger partial charge is 0.492 e. The minimum atomic E-state index is -4.42. The summed E-state index contributed by atoms with van der Waals surface area (Å²) in [5.41, 5.74) is 0.632. The molecule has 1 aliphatic rings. The second-order valence-corrected chi connectivity index (χ2v) is 8.55. The number of nitrogens with one attached hydrogen (secondary N) is 1. The number of hydrogen-bond acceptors (Lipinski definition) is 4. The van der Waals surface area contributed by atoms with Crippen molar-refractivity contribution in [2.45, 2.75) is 50.9 Å². The molecule has 0 amide bonds. The first kappa shape index (κ1) is 33.4. The van der Waals surface area contributed by atoms with E-state index in [1.165, 1.54) is 31.4 Å². The van der Waals surface area contributed by atoms with Crippen molar-refractivity contribution in [1.29, 1.82) is 0 Å². The molecule has 1 heterocycles. The molecule has 2 unspecified atom stereocenters. The summed E-state index contributed by atoms with van der Waals surface area (Å²) in [6.07, 6.45) is -0.801. The molecule has 0 saturated carbocycles. The number of ether oxygens (including phenoxy) is 1. The van der Waals surface area contributed by atoms with Gasteiger partial charge in [-0.3, -0.25) is 4.90 Å². The summed E-state index contributed by atoms with van der Waals surface area (Å²) in [4.78, 5) is 2.44. The van der Waals surface area contributed by atoms with E-state index in [9.17, 15) is 18.3 Å². The number of nitrogens with zero attached hydrogens (tertiary/aromatic N) is 1. The van der Waals surface area contributed by atoms with Crippen LogP contribution in [-0.4, -0.2) is 54.3 Å². The van der Waals surface area contributed by atoms with Crippen LogP contribution in [0.15, 0.2) is 48.5 Å². The molecule has 4 N–H and O–H groups in total. The lowest BCUT2D eigenvalue weighted by Crippen LogP contribution is -2.33. The summed E-state index contributed by atoms with van der Waals surface area (Å²) in [7, 11) is 0. The van der Waals surface area contributed by atoms with Gasteiger partial charge < -0.3 is 20.6 Å². The third kappa shape index (κ3) is 11.4. The summed E-state index contributed by atoms with van der Waals surface area (Å²) in [6, 6.07) is 12.9. The first-order valence-corrected chi connectivity index (χ1v) is 11.3. The standard InChI is InChI=1S/C25H33F3N2O2.2ClH.H2O/c1-19(29-18-24(31)21-6-5-7-22(17-21)25(26,27)28)16-20-8-10-23(11-9-20)32-15-14-30-12-3-2-4-13-30;;;/h5-11,17,19,24,29,31H,2-4,12-16,18H2,1H3;2*1H;1H2. The van der Waals surface area contributed by atoms with Crippen LogP contribution in [0.5, 0.6) is 5.75 Å². The summed E-state index contributed by atoms with van der Waals surface area (Å²) in [5.74, 6) is 0.853. The zero-order chi connectivity index (χ0) is 23.0. The molecule has 0 aliphatic carbocycles. The lowest BCUT2D eigenvalue weighted by atomic mass is 10.0. The highest BCUT2D eigenvalue weighted by Crippen LogP contribution is 2.30. The monoisotopic (exact) mass is 540 g/mol. The van der Waals surface area contributed by atoms with Crippen LogP contribution >= 0.6 is 24.8 Å². The van der Waals surface area contributed by atoms with E-state index in [2.05, 4.69) is 10.2 Å². The number of hydrogen-bond donors (Lipinski definition) is 2. The van der Waals surface area contributed by atoms with Gasteiger partial charge in [0.2, 0.25) is 0 Å². The average Bonchev–Trinajstić information content (AvgIpc) is 2.79. The van der Waals surface area contributed by atoms with Gasteiger partial charge in [0.25, 0.3) is 0 Å². The Morgan fingerprint density at radius 3 is 2.31 bits per heavy atom.